The number of hydrogen-bond acceptors (Lipinski definition) is 4. The van der Waals surface area contributed by atoms with Gasteiger partial charge in [0, 0.05) is 29.7 Å². The minimum atomic E-state index is -0.277. The van der Waals surface area contributed by atoms with E-state index < -0.39 is 0 Å². The molecule has 2 heterocycles. The molecule has 4 rings (SSSR count). The third kappa shape index (κ3) is 5.48. The summed E-state index contributed by atoms with van der Waals surface area (Å²) in [7, 11) is 0. The molecule has 6 heteroatoms. The number of piperidine rings is 1. The van der Waals surface area contributed by atoms with Crippen LogP contribution < -0.4 is 15.4 Å². The molecule has 2 N–H and O–H groups in total. The molecule has 2 aromatic carbocycles. The molecule has 0 radical (unpaired) electrons. The topological polar surface area (TPSA) is 66.0 Å². The number of likely N-dealkylation sites (tertiary alicyclic amines) is 1. The summed E-state index contributed by atoms with van der Waals surface area (Å²) in [4.78, 5) is 19.1. The Bertz CT molecular complexity index is 915. The van der Waals surface area contributed by atoms with Crippen molar-refractivity contribution in [2.45, 2.75) is 19.3 Å². The van der Waals surface area contributed by atoms with Gasteiger partial charge in [-0.05, 0) is 67.9 Å². The van der Waals surface area contributed by atoms with Crippen molar-refractivity contribution in [1.29, 1.82) is 0 Å². The molecular formula is C24H28N4O2. The summed E-state index contributed by atoms with van der Waals surface area (Å²) in [5.41, 5.74) is 3.57. The first-order chi connectivity index (χ1) is 14.8. The maximum Gasteiger partial charge on any atom is 0.323 e. The number of carbonyl (C=O) groups excluding carboxylic acids is 1. The highest BCUT2D eigenvalue weighted by Crippen LogP contribution is 2.26. The Morgan fingerprint density at radius 2 is 1.80 bits per heavy atom. The molecule has 2 aliphatic heterocycles. The number of para-hydroxylation sites is 1. The number of hydrogen-bond donors (Lipinski definition) is 2. The van der Waals surface area contributed by atoms with Crippen molar-refractivity contribution in [3.8, 4) is 5.75 Å². The molecule has 0 spiro atoms. The molecule has 2 amide bonds. The van der Waals surface area contributed by atoms with Gasteiger partial charge < -0.3 is 15.4 Å². The zero-order chi connectivity index (χ0) is 20.6. The van der Waals surface area contributed by atoms with Crippen molar-refractivity contribution in [1.82, 2.24) is 4.90 Å². The number of anilines is 2. The number of allylic oxidation sites excluding steroid dienone is 1. The number of rotatable bonds is 7. The molecule has 0 atom stereocenters. The summed E-state index contributed by atoms with van der Waals surface area (Å²) in [6, 6.07) is 15.0. The Morgan fingerprint density at radius 1 is 1.00 bits per heavy atom. The van der Waals surface area contributed by atoms with E-state index in [0.29, 0.717) is 13.2 Å². The SMILES string of the molecule is O=C(Nc1ccc(OCCN2CCCCC2)cc1)Nc1ccccc1C1=CC=NC1. The highest BCUT2D eigenvalue weighted by molar-refractivity contribution is 6.02. The highest BCUT2D eigenvalue weighted by atomic mass is 16.5. The average molecular weight is 405 g/mol. The molecule has 1 fully saturated rings. The Balaban J connectivity index is 1.27. The van der Waals surface area contributed by atoms with Gasteiger partial charge in [-0.1, -0.05) is 24.6 Å². The largest absolute Gasteiger partial charge is 0.492 e. The molecular weight excluding hydrogens is 376 g/mol. The predicted molar refractivity (Wildman–Crippen MR) is 123 cm³/mol. The van der Waals surface area contributed by atoms with Crippen molar-refractivity contribution in [3.05, 3.63) is 60.2 Å². The van der Waals surface area contributed by atoms with Gasteiger partial charge in [-0.15, -0.1) is 0 Å². The van der Waals surface area contributed by atoms with Gasteiger partial charge in [0.1, 0.15) is 12.4 Å². The summed E-state index contributed by atoms with van der Waals surface area (Å²) in [6.45, 7) is 4.63. The van der Waals surface area contributed by atoms with Gasteiger partial charge in [-0.3, -0.25) is 9.89 Å². The number of amides is 2. The van der Waals surface area contributed by atoms with Gasteiger partial charge in [0.15, 0.2) is 0 Å². The van der Waals surface area contributed by atoms with Crippen molar-refractivity contribution in [2.24, 2.45) is 4.99 Å². The lowest BCUT2D eigenvalue weighted by Gasteiger charge is -2.26. The van der Waals surface area contributed by atoms with E-state index in [2.05, 4.69) is 20.5 Å². The maximum absolute atomic E-state index is 12.5. The third-order valence-electron chi connectivity index (χ3n) is 5.40. The Hall–Kier alpha value is -3.12. The minimum Gasteiger partial charge on any atom is -0.492 e. The van der Waals surface area contributed by atoms with E-state index in [-0.39, 0.29) is 6.03 Å². The van der Waals surface area contributed by atoms with Crippen molar-refractivity contribution >= 4 is 29.2 Å². The van der Waals surface area contributed by atoms with Gasteiger partial charge in [0.2, 0.25) is 0 Å². The van der Waals surface area contributed by atoms with Crippen LogP contribution in [0.2, 0.25) is 0 Å². The van der Waals surface area contributed by atoms with E-state index in [1.54, 1.807) is 6.21 Å². The number of nitrogens with one attached hydrogen (secondary N) is 2. The van der Waals surface area contributed by atoms with Gasteiger partial charge in [-0.25, -0.2) is 4.79 Å². The lowest BCUT2D eigenvalue weighted by atomic mass is 10.0. The molecule has 0 unspecified atom stereocenters. The molecule has 156 valence electrons. The second-order valence-electron chi connectivity index (χ2n) is 7.58. The highest BCUT2D eigenvalue weighted by Gasteiger charge is 2.12. The monoisotopic (exact) mass is 404 g/mol. The number of nitrogens with zero attached hydrogens (tertiary/aromatic N) is 2. The predicted octanol–water partition coefficient (Wildman–Crippen LogP) is 4.66. The van der Waals surface area contributed by atoms with E-state index in [1.165, 1.54) is 32.4 Å². The first kappa shape index (κ1) is 20.2. The summed E-state index contributed by atoms with van der Waals surface area (Å²) in [6.07, 6.45) is 7.69. The van der Waals surface area contributed by atoms with Gasteiger partial charge in [-0.2, -0.15) is 0 Å². The number of carbonyl (C=O) groups is 1. The Labute approximate surface area is 177 Å². The Morgan fingerprint density at radius 3 is 2.57 bits per heavy atom. The normalized spacial score (nSPS) is 16.2. The maximum atomic E-state index is 12.5. The molecule has 2 aromatic rings. The third-order valence-corrected chi connectivity index (χ3v) is 5.40. The fourth-order valence-corrected chi connectivity index (χ4v) is 3.79. The van der Waals surface area contributed by atoms with Crippen molar-refractivity contribution in [2.75, 3.05) is 43.4 Å². The van der Waals surface area contributed by atoms with Crippen LogP contribution in [0.15, 0.2) is 59.6 Å². The van der Waals surface area contributed by atoms with Crippen LogP contribution in [0.25, 0.3) is 5.57 Å². The molecule has 0 bridgehead atoms. The van der Waals surface area contributed by atoms with E-state index in [4.69, 9.17) is 4.74 Å². The smallest absolute Gasteiger partial charge is 0.323 e. The molecule has 1 saturated heterocycles. The quantitative estimate of drug-likeness (QED) is 0.705. The summed E-state index contributed by atoms with van der Waals surface area (Å²) in [5.74, 6) is 0.816. The Kier molecular flexibility index (Phi) is 6.77. The van der Waals surface area contributed by atoms with Crippen LogP contribution in [0.1, 0.15) is 24.8 Å². The van der Waals surface area contributed by atoms with Crippen LogP contribution >= 0.6 is 0 Å². The standard InChI is InChI=1S/C24H28N4O2/c29-24(27-23-7-3-2-6-22(23)19-12-13-25-18-19)26-20-8-10-21(11-9-20)30-17-16-28-14-4-1-5-15-28/h2-3,6-13H,1,4-5,14-18H2,(H2,26,27,29). The lowest BCUT2D eigenvalue weighted by molar-refractivity contribution is 0.183. The number of urea groups is 1. The summed E-state index contributed by atoms with van der Waals surface area (Å²) >= 11 is 0. The molecule has 0 saturated carbocycles. The van der Waals surface area contributed by atoms with E-state index >= 15 is 0 Å². The zero-order valence-corrected chi connectivity index (χ0v) is 17.1. The van der Waals surface area contributed by atoms with Crippen LogP contribution in [0.5, 0.6) is 5.75 Å². The van der Waals surface area contributed by atoms with Gasteiger partial charge >= 0.3 is 6.03 Å². The minimum absolute atomic E-state index is 0.277. The molecule has 6 nitrogen and oxygen atoms in total. The summed E-state index contributed by atoms with van der Waals surface area (Å²) < 4.78 is 5.85. The molecule has 0 aromatic heterocycles. The average Bonchev–Trinajstić information content (AvgIpc) is 3.31. The van der Waals surface area contributed by atoms with E-state index in [0.717, 1.165) is 34.8 Å². The van der Waals surface area contributed by atoms with Crippen LogP contribution in [-0.4, -0.2) is 49.9 Å². The van der Waals surface area contributed by atoms with E-state index in [9.17, 15) is 4.79 Å². The van der Waals surface area contributed by atoms with Crippen molar-refractivity contribution in [3.63, 3.8) is 0 Å². The molecule has 30 heavy (non-hydrogen) atoms. The second-order valence-corrected chi connectivity index (χ2v) is 7.58. The first-order valence-electron chi connectivity index (χ1n) is 10.6. The van der Waals surface area contributed by atoms with E-state index in [1.807, 2.05) is 54.6 Å². The van der Waals surface area contributed by atoms with Crippen molar-refractivity contribution < 1.29 is 9.53 Å². The fourth-order valence-electron chi connectivity index (χ4n) is 3.79. The number of ether oxygens (including phenoxy) is 1. The van der Waals surface area contributed by atoms with Gasteiger partial charge in [0.05, 0.1) is 6.54 Å². The molecule has 2 aliphatic rings. The fraction of sp³-hybridized carbons (Fsp3) is 0.333. The van der Waals surface area contributed by atoms with Crippen LogP contribution in [0.3, 0.4) is 0 Å². The van der Waals surface area contributed by atoms with Crippen LogP contribution in [-0.2, 0) is 0 Å². The first-order valence-corrected chi connectivity index (χ1v) is 10.6. The number of aliphatic imine (C=N–C) groups is 1. The zero-order valence-electron chi connectivity index (χ0n) is 17.1. The van der Waals surface area contributed by atoms with Crippen LogP contribution in [0, 0.1) is 0 Å². The summed E-state index contributed by atoms with van der Waals surface area (Å²) in [5, 5.41) is 5.82. The molecule has 0 aliphatic carbocycles. The van der Waals surface area contributed by atoms with Crippen LogP contribution in [0.4, 0.5) is 16.2 Å². The number of benzene rings is 2. The lowest BCUT2D eigenvalue weighted by Crippen LogP contribution is -2.33. The van der Waals surface area contributed by atoms with Gasteiger partial charge in [0.25, 0.3) is 0 Å². The second kappa shape index (κ2) is 10.1.